The first kappa shape index (κ1) is 22.5. The summed E-state index contributed by atoms with van der Waals surface area (Å²) in [7, 11) is 0. The number of carbonyl (C=O) groups excluding carboxylic acids is 1. The standard InChI is InChI=1S/C19H29N3O5S.FH/c1-8-14-13(9(2)23)18(25)22(14)15(19(26)27)17(8)28-11-5-12(21-7-11)16(24)10-3-4-20-6-10;/h8-14,16,20-21,23-24H,3-7H2,1-2H3,(H,26,27);1H/t8-,9-,10-,11+,12+,13-,14-,16-;/m1./s1. The minimum absolute atomic E-state index is 0. The summed E-state index contributed by atoms with van der Waals surface area (Å²) in [5, 5.41) is 37.2. The highest BCUT2D eigenvalue weighted by molar-refractivity contribution is 8.03. The molecule has 10 heteroatoms. The highest BCUT2D eigenvalue weighted by Crippen LogP contribution is 2.51. The zero-order valence-corrected chi connectivity index (χ0v) is 17.4. The molecule has 29 heavy (non-hydrogen) atoms. The minimum Gasteiger partial charge on any atom is -0.477 e. The number of carbonyl (C=O) groups is 2. The maximum atomic E-state index is 12.4. The molecule has 0 aliphatic carbocycles. The smallest absolute Gasteiger partial charge is 0.353 e. The Balaban J connectivity index is 0.00000240. The van der Waals surface area contributed by atoms with Crippen molar-refractivity contribution in [3.05, 3.63) is 10.6 Å². The normalized spacial score (nSPS) is 38.5. The van der Waals surface area contributed by atoms with Crippen LogP contribution in [0.2, 0.25) is 0 Å². The molecule has 3 saturated heterocycles. The van der Waals surface area contributed by atoms with Gasteiger partial charge in [-0.3, -0.25) is 9.50 Å². The summed E-state index contributed by atoms with van der Waals surface area (Å²) in [6, 6.07) is -0.265. The highest BCUT2D eigenvalue weighted by atomic mass is 32.2. The Kier molecular flexibility index (Phi) is 6.59. The van der Waals surface area contributed by atoms with E-state index in [1.54, 1.807) is 6.92 Å². The summed E-state index contributed by atoms with van der Waals surface area (Å²) in [5.74, 6) is -1.78. The lowest BCUT2D eigenvalue weighted by atomic mass is 9.79. The molecule has 4 aliphatic heterocycles. The van der Waals surface area contributed by atoms with E-state index < -0.39 is 24.1 Å². The number of amides is 1. The van der Waals surface area contributed by atoms with E-state index in [-0.39, 0.29) is 45.5 Å². The van der Waals surface area contributed by atoms with Crippen molar-refractivity contribution >= 4 is 23.6 Å². The van der Waals surface area contributed by atoms with Crippen LogP contribution in [0.4, 0.5) is 4.70 Å². The third kappa shape index (κ3) is 3.69. The number of rotatable bonds is 6. The average molecular weight is 432 g/mol. The van der Waals surface area contributed by atoms with Crippen LogP contribution in [0.5, 0.6) is 0 Å². The average Bonchev–Trinajstić information content (AvgIpc) is 3.35. The van der Waals surface area contributed by atoms with Crippen LogP contribution in [0.25, 0.3) is 0 Å². The third-order valence-electron chi connectivity index (χ3n) is 6.72. The number of β-lactam (4-membered cyclic amide) rings is 1. The summed E-state index contributed by atoms with van der Waals surface area (Å²) in [4.78, 5) is 26.4. The quantitative estimate of drug-likeness (QED) is 0.364. The van der Waals surface area contributed by atoms with E-state index in [1.165, 1.54) is 16.7 Å². The first-order valence-electron chi connectivity index (χ1n) is 10.1. The molecule has 5 N–H and O–H groups in total. The molecule has 8 atom stereocenters. The fraction of sp³-hybridized carbons (Fsp3) is 0.789. The van der Waals surface area contributed by atoms with Crippen molar-refractivity contribution in [1.29, 1.82) is 0 Å². The van der Waals surface area contributed by atoms with Crippen molar-refractivity contribution in [3.8, 4) is 0 Å². The highest BCUT2D eigenvalue weighted by Gasteiger charge is 2.60. The number of hydrogen-bond acceptors (Lipinski definition) is 7. The summed E-state index contributed by atoms with van der Waals surface area (Å²) in [5.41, 5.74) is 0.0772. The van der Waals surface area contributed by atoms with E-state index in [2.05, 4.69) is 10.6 Å². The number of thioether (sulfide) groups is 1. The molecule has 0 aromatic carbocycles. The monoisotopic (exact) mass is 431 g/mol. The molecular formula is C19H30FN3O5S. The first-order chi connectivity index (χ1) is 13.3. The molecule has 8 nitrogen and oxygen atoms in total. The topological polar surface area (TPSA) is 122 Å². The summed E-state index contributed by atoms with van der Waals surface area (Å²) < 4.78 is 0. The van der Waals surface area contributed by atoms with Gasteiger partial charge in [-0.1, -0.05) is 6.92 Å². The van der Waals surface area contributed by atoms with Gasteiger partial charge in [0.05, 0.1) is 24.2 Å². The van der Waals surface area contributed by atoms with Gasteiger partial charge in [0, 0.05) is 41.1 Å². The number of aliphatic hydroxyl groups is 2. The largest absolute Gasteiger partial charge is 0.477 e. The van der Waals surface area contributed by atoms with Gasteiger partial charge in [-0.15, -0.1) is 11.8 Å². The van der Waals surface area contributed by atoms with Gasteiger partial charge in [0.2, 0.25) is 5.91 Å². The Morgan fingerprint density at radius 3 is 2.62 bits per heavy atom. The first-order valence-corrected chi connectivity index (χ1v) is 11.0. The minimum atomic E-state index is -1.09. The van der Waals surface area contributed by atoms with Crippen LogP contribution in [-0.4, -0.2) is 81.3 Å². The number of aliphatic carboxylic acids is 1. The van der Waals surface area contributed by atoms with E-state index in [4.69, 9.17) is 0 Å². The third-order valence-corrected chi connectivity index (χ3v) is 8.23. The molecule has 4 aliphatic rings. The summed E-state index contributed by atoms with van der Waals surface area (Å²) in [6.45, 7) is 6.00. The molecule has 1 amide bonds. The molecule has 0 saturated carbocycles. The number of nitrogens with zero attached hydrogens (tertiary/aromatic N) is 1. The molecule has 0 spiro atoms. The lowest BCUT2D eigenvalue weighted by Gasteiger charge is -2.46. The Hall–Kier alpha value is -1.20. The van der Waals surface area contributed by atoms with Crippen LogP contribution in [0.3, 0.4) is 0 Å². The van der Waals surface area contributed by atoms with Crippen molar-refractivity contribution in [2.75, 3.05) is 19.6 Å². The van der Waals surface area contributed by atoms with E-state index in [1.807, 2.05) is 6.92 Å². The van der Waals surface area contributed by atoms with Crippen molar-refractivity contribution in [2.45, 2.75) is 56.2 Å². The van der Waals surface area contributed by atoms with E-state index in [0.717, 1.165) is 30.8 Å². The number of carboxylic acids is 1. The molecule has 3 fully saturated rings. The van der Waals surface area contributed by atoms with Gasteiger partial charge in [-0.05, 0) is 26.3 Å². The molecule has 164 valence electrons. The van der Waals surface area contributed by atoms with Gasteiger partial charge in [-0.2, -0.15) is 0 Å². The van der Waals surface area contributed by atoms with Crippen LogP contribution in [-0.2, 0) is 9.59 Å². The second-order valence-corrected chi connectivity index (χ2v) is 9.85. The molecule has 4 rings (SSSR count). The molecule has 0 bridgehead atoms. The van der Waals surface area contributed by atoms with Crippen LogP contribution in [0.15, 0.2) is 10.6 Å². The van der Waals surface area contributed by atoms with Crippen molar-refractivity contribution < 1.29 is 29.6 Å². The fourth-order valence-electron chi connectivity index (χ4n) is 5.24. The molecule has 0 aromatic rings. The van der Waals surface area contributed by atoms with Crippen LogP contribution >= 0.6 is 11.8 Å². The number of halogens is 1. The van der Waals surface area contributed by atoms with E-state index in [0.29, 0.717) is 6.54 Å². The Bertz CT molecular complexity index is 699. The van der Waals surface area contributed by atoms with Crippen LogP contribution < -0.4 is 10.6 Å². The van der Waals surface area contributed by atoms with Gasteiger partial charge >= 0.3 is 5.97 Å². The zero-order chi connectivity index (χ0) is 20.2. The Morgan fingerprint density at radius 2 is 2.03 bits per heavy atom. The van der Waals surface area contributed by atoms with E-state index >= 15 is 0 Å². The lowest BCUT2D eigenvalue weighted by molar-refractivity contribution is -0.163. The molecule has 0 aromatic heterocycles. The number of carboxylic acid groups (broad SMARTS) is 1. The van der Waals surface area contributed by atoms with Crippen LogP contribution in [0.1, 0.15) is 26.7 Å². The van der Waals surface area contributed by atoms with Gasteiger partial charge in [0.15, 0.2) is 0 Å². The zero-order valence-electron chi connectivity index (χ0n) is 16.6. The number of aliphatic hydroxyl groups excluding tert-OH is 2. The molecule has 0 unspecified atom stereocenters. The predicted molar refractivity (Wildman–Crippen MR) is 107 cm³/mol. The second-order valence-electron chi connectivity index (χ2n) is 8.51. The predicted octanol–water partition coefficient (Wildman–Crippen LogP) is -0.273. The van der Waals surface area contributed by atoms with Gasteiger partial charge in [0.25, 0.3) is 0 Å². The van der Waals surface area contributed by atoms with Crippen molar-refractivity contribution in [3.63, 3.8) is 0 Å². The van der Waals surface area contributed by atoms with Gasteiger partial charge in [0.1, 0.15) is 5.70 Å². The second kappa shape index (κ2) is 8.50. The van der Waals surface area contributed by atoms with Crippen molar-refractivity contribution in [1.82, 2.24) is 15.5 Å². The van der Waals surface area contributed by atoms with Gasteiger partial charge < -0.3 is 30.9 Å². The number of nitrogens with one attached hydrogen (secondary N) is 2. The van der Waals surface area contributed by atoms with Crippen molar-refractivity contribution in [2.24, 2.45) is 17.8 Å². The van der Waals surface area contributed by atoms with E-state index in [9.17, 15) is 24.9 Å². The van der Waals surface area contributed by atoms with Crippen LogP contribution in [0, 0.1) is 17.8 Å². The maximum Gasteiger partial charge on any atom is 0.353 e. The molecule has 4 heterocycles. The Morgan fingerprint density at radius 1 is 1.31 bits per heavy atom. The maximum absolute atomic E-state index is 12.4. The summed E-state index contributed by atoms with van der Waals surface area (Å²) >= 11 is 1.52. The molecular weight excluding hydrogens is 401 g/mol. The summed E-state index contributed by atoms with van der Waals surface area (Å²) in [6.07, 6.45) is 0.547. The lowest BCUT2D eigenvalue weighted by Crippen LogP contribution is -2.63. The number of fused-ring (bicyclic) bond motifs is 1. The van der Waals surface area contributed by atoms with Gasteiger partial charge in [-0.25, -0.2) is 4.79 Å². The fourth-order valence-corrected chi connectivity index (χ4v) is 6.73. The SMILES string of the molecule is C[C@@H](O)[C@H]1C(=O)N2C(C(=O)O)=C(S[C@@H]3CN[C@H]([C@H](O)[C@@H]4CCNC4)C3)[C@H](C)[C@H]12.F. The number of hydrogen-bond donors (Lipinski definition) is 5. The Labute approximate surface area is 173 Å². The molecule has 0 radical (unpaired) electrons.